The summed E-state index contributed by atoms with van der Waals surface area (Å²) in [5, 5.41) is 5.64. The average Bonchev–Trinajstić information content (AvgIpc) is 3.35. The van der Waals surface area contributed by atoms with Gasteiger partial charge in [0.2, 0.25) is 0 Å². The molecule has 0 aliphatic carbocycles. The van der Waals surface area contributed by atoms with E-state index in [1.165, 1.54) is 12.1 Å². The van der Waals surface area contributed by atoms with Crippen LogP contribution in [0.25, 0.3) is 49.7 Å². The molecule has 31 heavy (non-hydrogen) atoms. The van der Waals surface area contributed by atoms with Crippen LogP contribution in [0.15, 0.2) is 42.5 Å². The topological polar surface area (TPSA) is 66.9 Å². The molecule has 0 spiro atoms. The molecule has 6 heteroatoms. The van der Waals surface area contributed by atoms with Crippen LogP contribution in [0, 0.1) is 5.82 Å². The van der Waals surface area contributed by atoms with Crippen LogP contribution in [-0.4, -0.2) is 21.4 Å². The van der Waals surface area contributed by atoms with E-state index in [0.29, 0.717) is 22.0 Å². The minimum absolute atomic E-state index is 0.352. The summed E-state index contributed by atoms with van der Waals surface area (Å²) in [5.74, 6) is -1.13. The van der Waals surface area contributed by atoms with Gasteiger partial charge in [0.05, 0.1) is 27.7 Å². The number of fused-ring (bicyclic) bond motifs is 10. The third-order valence-electron chi connectivity index (χ3n) is 6.59. The highest BCUT2D eigenvalue weighted by molar-refractivity contribution is 6.39. The van der Waals surface area contributed by atoms with Crippen molar-refractivity contribution < 1.29 is 14.0 Å². The first-order chi connectivity index (χ1) is 15.1. The summed E-state index contributed by atoms with van der Waals surface area (Å²) in [4.78, 5) is 29.3. The largest absolute Gasteiger partial charge is 0.353 e. The van der Waals surface area contributed by atoms with Gasteiger partial charge < -0.3 is 9.55 Å². The highest BCUT2D eigenvalue weighted by Crippen LogP contribution is 2.44. The van der Waals surface area contributed by atoms with Crippen LogP contribution in [0.4, 0.5) is 4.39 Å². The molecule has 0 saturated carbocycles. The van der Waals surface area contributed by atoms with E-state index < -0.39 is 5.91 Å². The zero-order valence-electron chi connectivity index (χ0n) is 16.4. The fourth-order valence-corrected chi connectivity index (χ4v) is 5.43. The van der Waals surface area contributed by atoms with E-state index in [-0.39, 0.29) is 11.7 Å². The molecule has 7 rings (SSSR count). The van der Waals surface area contributed by atoms with Gasteiger partial charge in [-0.1, -0.05) is 30.4 Å². The second-order valence-corrected chi connectivity index (χ2v) is 8.26. The Morgan fingerprint density at radius 2 is 1.77 bits per heavy atom. The van der Waals surface area contributed by atoms with Gasteiger partial charge in [0.25, 0.3) is 11.8 Å². The number of aromatic amines is 1. The van der Waals surface area contributed by atoms with Crippen molar-refractivity contribution in [3.8, 4) is 0 Å². The second kappa shape index (κ2) is 5.60. The third-order valence-corrected chi connectivity index (χ3v) is 6.59. The van der Waals surface area contributed by atoms with Crippen molar-refractivity contribution in [3.63, 3.8) is 0 Å². The van der Waals surface area contributed by atoms with E-state index >= 15 is 0 Å². The van der Waals surface area contributed by atoms with Crippen molar-refractivity contribution >= 4 is 61.5 Å². The number of nitrogens with one attached hydrogen (secondary N) is 2. The first-order valence-corrected chi connectivity index (χ1v) is 10.4. The molecule has 0 fully saturated rings. The summed E-state index contributed by atoms with van der Waals surface area (Å²) < 4.78 is 16.3. The van der Waals surface area contributed by atoms with E-state index in [1.807, 2.05) is 12.1 Å². The summed E-state index contributed by atoms with van der Waals surface area (Å²) in [6.07, 6.45) is 6.22. The number of amides is 2. The molecule has 0 saturated heterocycles. The number of carbonyl (C=O) groups excluding carboxylic acids is 2. The quantitative estimate of drug-likeness (QED) is 0.343. The van der Waals surface area contributed by atoms with Crippen LogP contribution in [0.2, 0.25) is 0 Å². The predicted molar refractivity (Wildman–Crippen MR) is 119 cm³/mol. The van der Waals surface area contributed by atoms with Crippen molar-refractivity contribution in [3.05, 3.63) is 65.0 Å². The Balaban J connectivity index is 1.85. The Kier molecular flexibility index (Phi) is 3.04. The SMILES string of the molecule is O=C1NC(=O)c2c1c1c3ccc(F)cc3[nH]c1c1c2c2cccc3c2n1CCCC=C3. The third kappa shape index (κ3) is 1.99. The molecule has 0 unspecified atom stereocenters. The summed E-state index contributed by atoms with van der Waals surface area (Å²) in [7, 11) is 0. The molecule has 5 aromatic rings. The number of hydrogen-bond donors (Lipinski definition) is 2. The molecule has 2 aliphatic rings. The number of carbonyl (C=O) groups is 2. The Labute approximate surface area is 175 Å². The molecule has 0 radical (unpaired) electrons. The van der Waals surface area contributed by atoms with Crippen LogP contribution in [0.1, 0.15) is 39.1 Å². The molecule has 2 N–H and O–H groups in total. The van der Waals surface area contributed by atoms with Crippen LogP contribution < -0.4 is 5.32 Å². The number of aryl methyl sites for hydroxylation is 1. The molecule has 4 heterocycles. The van der Waals surface area contributed by atoms with Gasteiger partial charge in [-0.05, 0) is 36.6 Å². The van der Waals surface area contributed by atoms with Gasteiger partial charge in [0.15, 0.2) is 0 Å². The standard InChI is InChI=1S/C25H16FN3O2/c26-13-8-9-14-16(11-13)27-21-17(14)19-20(25(31)28-24(19)30)18-15-7-4-6-12-5-2-1-3-10-29(22(12)15)23(18)21/h2,4-9,11,27H,1,3,10H2,(H,28,30,31). The van der Waals surface area contributed by atoms with Crippen LogP contribution in [0.5, 0.6) is 0 Å². The van der Waals surface area contributed by atoms with E-state index in [1.54, 1.807) is 6.07 Å². The lowest BCUT2D eigenvalue weighted by atomic mass is 9.96. The fraction of sp³-hybridized carbons (Fsp3) is 0.120. The van der Waals surface area contributed by atoms with Gasteiger partial charge in [-0.25, -0.2) is 4.39 Å². The molecule has 0 atom stereocenters. The number of allylic oxidation sites excluding steroid dienone is 1. The normalized spacial score (nSPS) is 15.8. The Bertz CT molecular complexity index is 1690. The number of aromatic nitrogens is 2. The number of nitrogens with zero attached hydrogens (tertiary/aromatic N) is 1. The number of H-pyrrole nitrogens is 1. The number of benzene rings is 3. The van der Waals surface area contributed by atoms with Crippen molar-refractivity contribution in [2.75, 3.05) is 0 Å². The lowest BCUT2D eigenvalue weighted by Gasteiger charge is -2.12. The van der Waals surface area contributed by atoms with Gasteiger partial charge in [0, 0.05) is 33.6 Å². The molecular weight excluding hydrogens is 393 g/mol. The Morgan fingerprint density at radius 3 is 2.65 bits per heavy atom. The molecule has 150 valence electrons. The van der Waals surface area contributed by atoms with Crippen molar-refractivity contribution in [1.29, 1.82) is 0 Å². The number of imide groups is 1. The Hall–Kier alpha value is -3.93. The highest BCUT2D eigenvalue weighted by atomic mass is 19.1. The molecule has 2 aromatic heterocycles. The molecule has 2 amide bonds. The maximum atomic E-state index is 14.0. The first-order valence-electron chi connectivity index (χ1n) is 10.4. The van der Waals surface area contributed by atoms with Crippen LogP contribution in [-0.2, 0) is 6.54 Å². The van der Waals surface area contributed by atoms with Crippen LogP contribution >= 0.6 is 0 Å². The number of hydrogen-bond acceptors (Lipinski definition) is 2. The summed E-state index contributed by atoms with van der Waals surface area (Å²) in [6.45, 7) is 0.786. The summed E-state index contributed by atoms with van der Waals surface area (Å²) in [6, 6.07) is 10.6. The van der Waals surface area contributed by atoms with E-state index in [0.717, 1.165) is 57.7 Å². The maximum Gasteiger partial charge on any atom is 0.259 e. The molecule has 5 nitrogen and oxygen atoms in total. The number of halogens is 1. The smallest absolute Gasteiger partial charge is 0.259 e. The zero-order chi connectivity index (χ0) is 20.9. The van der Waals surface area contributed by atoms with Gasteiger partial charge >= 0.3 is 0 Å². The number of para-hydroxylation sites is 1. The number of rotatable bonds is 0. The van der Waals surface area contributed by atoms with E-state index in [9.17, 15) is 14.0 Å². The minimum atomic E-state index is -0.404. The Morgan fingerprint density at radius 1 is 0.935 bits per heavy atom. The second-order valence-electron chi connectivity index (χ2n) is 8.26. The molecule has 3 aromatic carbocycles. The predicted octanol–water partition coefficient (Wildman–Crippen LogP) is 5.26. The van der Waals surface area contributed by atoms with Crippen molar-refractivity contribution in [1.82, 2.24) is 14.9 Å². The van der Waals surface area contributed by atoms with Gasteiger partial charge in [-0.15, -0.1) is 0 Å². The van der Waals surface area contributed by atoms with Crippen LogP contribution in [0.3, 0.4) is 0 Å². The molecule has 2 aliphatic heterocycles. The van der Waals surface area contributed by atoms with Crippen molar-refractivity contribution in [2.45, 2.75) is 19.4 Å². The maximum absolute atomic E-state index is 14.0. The average molecular weight is 409 g/mol. The van der Waals surface area contributed by atoms with Crippen molar-refractivity contribution in [2.24, 2.45) is 0 Å². The first kappa shape index (κ1) is 16.8. The van der Waals surface area contributed by atoms with Gasteiger partial charge in [0.1, 0.15) is 5.82 Å². The van der Waals surface area contributed by atoms with E-state index in [2.05, 4.69) is 33.1 Å². The monoisotopic (exact) mass is 409 g/mol. The summed E-state index contributed by atoms with van der Waals surface area (Å²) >= 11 is 0. The van der Waals surface area contributed by atoms with Gasteiger partial charge in [-0.2, -0.15) is 0 Å². The molecular formula is C25H16FN3O2. The minimum Gasteiger partial charge on any atom is -0.353 e. The molecule has 0 bridgehead atoms. The fourth-order valence-electron chi connectivity index (χ4n) is 5.43. The highest BCUT2D eigenvalue weighted by Gasteiger charge is 2.36. The van der Waals surface area contributed by atoms with E-state index in [4.69, 9.17) is 0 Å². The zero-order valence-corrected chi connectivity index (χ0v) is 16.4. The lowest BCUT2D eigenvalue weighted by Crippen LogP contribution is -2.20. The van der Waals surface area contributed by atoms with Gasteiger partial charge in [-0.3, -0.25) is 14.9 Å². The lowest BCUT2D eigenvalue weighted by molar-refractivity contribution is 0.0880. The summed E-state index contributed by atoms with van der Waals surface area (Å²) in [5.41, 5.74) is 5.21.